The Bertz CT molecular complexity index is 547. The quantitative estimate of drug-likeness (QED) is 0.631. The van der Waals surface area contributed by atoms with Crippen LogP contribution < -0.4 is 5.73 Å². The van der Waals surface area contributed by atoms with Crippen LogP contribution in [0.4, 0.5) is 5.88 Å². The molecule has 2 aromatic rings. The molecule has 18 heavy (non-hydrogen) atoms. The lowest BCUT2D eigenvalue weighted by Gasteiger charge is -2.01. The van der Waals surface area contributed by atoms with E-state index in [1.807, 2.05) is 6.92 Å². The molecule has 2 aromatic heterocycles. The molecule has 0 bridgehead atoms. The van der Waals surface area contributed by atoms with Crippen molar-refractivity contribution in [2.24, 2.45) is 5.73 Å². The molecule has 0 aromatic carbocycles. The first kappa shape index (κ1) is 12.2. The summed E-state index contributed by atoms with van der Waals surface area (Å²) in [6.07, 6.45) is 2.48. The van der Waals surface area contributed by atoms with Crippen LogP contribution in [-0.2, 0) is 6.54 Å². The van der Waals surface area contributed by atoms with E-state index >= 15 is 0 Å². The fourth-order valence-electron chi connectivity index (χ4n) is 1.48. The molecule has 0 aliphatic carbocycles. The minimum absolute atomic E-state index is 0.148. The second-order valence-corrected chi connectivity index (χ2v) is 3.85. The molecule has 0 fully saturated rings. The van der Waals surface area contributed by atoms with E-state index in [1.165, 1.54) is 10.7 Å². The number of furan rings is 1. The third kappa shape index (κ3) is 2.54. The molecule has 1 atom stereocenters. The Labute approximate surface area is 103 Å². The minimum Gasteiger partial charge on any atom is -0.404 e. The number of nitrogens with zero attached hydrogens (tertiary/aromatic N) is 4. The van der Waals surface area contributed by atoms with Gasteiger partial charge in [0.1, 0.15) is 17.2 Å². The molecule has 2 N–H and O–H groups in total. The van der Waals surface area contributed by atoms with Crippen LogP contribution in [0, 0.1) is 10.1 Å². The van der Waals surface area contributed by atoms with Gasteiger partial charge >= 0.3 is 5.88 Å². The average molecular weight is 251 g/mol. The van der Waals surface area contributed by atoms with Gasteiger partial charge in [0.25, 0.3) is 0 Å². The van der Waals surface area contributed by atoms with Crippen LogP contribution >= 0.6 is 0 Å². The standard InChI is InChI=1S/C10H13N5O3/c1-2-8(11)9-6-14(13-12-9)5-7-3-4-10(18-7)15(16)17/h3-4,6,8H,2,5,11H2,1H3. The van der Waals surface area contributed by atoms with Gasteiger partial charge in [0.2, 0.25) is 0 Å². The van der Waals surface area contributed by atoms with Crippen LogP contribution in [0.5, 0.6) is 0 Å². The van der Waals surface area contributed by atoms with E-state index in [4.69, 9.17) is 10.2 Å². The van der Waals surface area contributed by atoms with Crippen molar-refractivity contribution in [1.82, 2.24) is 15.0 Å². The summed E-state index contributed by atoms with van der Waals surface area (Å²) in [5.74, 6) is 0.166. The molecule has 0 saturated heterocycles. The summed E-state index contributed by atoms with van der Waals surface area (Å²) in [7, 11) is 0. The monoisotopic (exact) mass is 251 g/mol. The van der Waals surface area contributed by atoms with Crippen molar-refractivity contribution in [1.29, 1.82) is 0 Å². The highest BCUT2D eigenvalue weighted by Gasteiger charge is 2.13. The second-order valence-electron chi connectivity index (χ2n) is 3.85. The molecule has 1 unspecified atom stereocenters. The Hall–Kier alpha value is -2.22. The maximum atomic E-state index is 10.5. The number of hydrogen-bond donors (Lipinski definition) is 1. The Kier molecular flexibility index (Phi) is 3.38. The van der Waals surface area contributed by atoms with Gasteiger partial charge in [-0.2, -0.15) is 0 Å². The third-order valence-corrected chi connectivity index (χ3v) is 2.52. The fraction of sp³-hybridized carbons (Fsp3) is 0.400. The number of nitrogens with two attached hydrogens (primary N) is 1. The molecule has 0 aliphatic heterocycles. The first-order valence-electron chi connectivity index (χ1n) is 5.49. The van der Waals surface area contributed by atoms with Crippen LogP contribution in [-0.4, -0.2) is 19.9 Å². The molecule has 8 heteroatoms. The van der Waals surface area contributed by atoms with E-state index in [0.717, 1.165) is 6.42 Å². The van der Waals surface area contributed by atoms with Gasteiger partial charge < -0.3 is 10.2 Å². The molecule has 96 valence electrons. The van der Waals surface area contributed by atoms with Crippen LogP contribution in [0.25, 0.3) is 0 Å². The fourth-order valence-corrected chi connectivity index (χ4v) is 1.48. The summed E-state index contributed by atoms with van der Waals surface area (Å²) >= 11 is 0. The van der Waals surface area contributed by atoms with Gasteiger partial charge in [-0.1, -0.05) is 12.1 Å². The lowest BCUT2D eigenvalue weighted by atomic mass is 10.2. The molecular weight excluding hydrogens is 238 g/mol. The van der Waals surface area contributed by atoms with Gasteiger partial charge in [-0.3, -0.25) is 10.1 Å². The molecule has 0 saturated carbocycles. The average Bonchev–Trinajstić information content (AvgIpc) is 2.98. The Morgan fingerprint density at radius 3 is 3.00 bits per heavy atom. The van der Waals surface area contributed by atoms with Crippen molar-refractivity contribution in [3.8, 4) is 0 Å². The Balaban J connectivity index is 2.08. The number of nitro groups is 1. The molecule has 2 rings (SSSR count). The topological polar surface area (TPSA) is 113 Å². The summed E-state index contributed by atoms with van der Waals surface area (Å²) in [4.78, 5) is 9.88. The second kappa shape index (κ2) is 4.96. The van der Waals surface area contributed by atoms with E-state index < -0.39 is 4.92 Å². The van der Waals surface area contributed by atoms with E-state index in [0.29, 0.717) is 11.5 Å². The van der Waals surface area contributed by atoms with Gasteiger partial charge in [0.05, 0.1) is 24.0 Å². The smallest absolute Gasteiger partial charge is 0.404 e. The molecular formula is C10H13N5O3. The maximum absolute atomic E-state index is 10.5. The van der Waals surface area contributed by atoms with Crippen molar-refractivity contribution in [3.05, 3.63) is 39.9 Å². The zero-order chi connectivity index (χ0) is 13.1. The van der Waals surface area contributed by atoms with E-state index in [2.05, 4.69) is 10.3 Å². The zero-order valence-corrected chi connectivity index (χ0v) is 9.81. The highest BCUT2D eigenvalue weighted by atomic mass is 16.6. The van der Waals surface area contributed by atoms with Crippen molar-refractivity contribution in [3.63, 3.8) is 0 Å². The lowest BCUT2D eigenvalue weighted by Crippen LogP contribution is -2.08. The van der Waals surface area contributed by atoms with Crippen molar-refractivity contribution in [2.45, 2.75) is 25.9 Å². The predicted octanol–water partition coefficient (Wildman–Crippen LogP) is 1.24. The van der Waals surface area contributed by atoms with Gasteiger partial charge in [-0.05, 0) is 12.5 Å². The van der Waals surface area contributed by atoms with Crippen LogP contribution in [0.15, 0.2) is 22.7 Å². The number of hydrogen-bond acceptors (Lipinski definition) is 6. The Morgan fingerprint density at radius 2 is 2.39 bits per heavy atom. The van der Waals surface area contributed by atoms with E-state index in [-0.39, 0.29) is 18.5 Å². The normalized spacial score (nSPS) is 12.6. The lowest BCUT2D eigenvalue weighted by molar-refractivity contribution is -0.402. The number of aromatic nitrogens is 3. The summed E-state index contributed by atoms with van der Waals surface area (Å²) in [5.41, 5.74) is 6.51. The molecule has 2 heterocycles. The predicted molar refractivity (Wildman–Crippen MR) is 61.7 cm³/mol. The van der Waals surface area contributed by atoms with Crippen LogP contribution in [0.2, 0.25) is 0 Å². The SMILES string of the molecule is CCC(N)c1cn(Cc2ccc([N+](=O)[O-])o2)nn1. The van der Waals surface area contributed by atoms with E-state index in [9.17, 15) is 10.1 Å². The third-order valence-electron chi connectivity index (χ3n) is 2.52. The molecule has 0 radical (unpaired) electrons. The minimum atomic E-state index is -0.580. The van der Waals surface area contributed by atoms with Gasteiger partial charge in [-0.15, -0.1) is 5.10 Å². The molecule has 8 nitrogen and oxygen atoms in total. The van der Waals surface area contributed by atoms with E-state index in [1.54, 1.807) is 12.3 Å². The first-order chi connectivity index (χ1) is 8.60. The van der Waals surface area contributed by atoms with Crippen LogP contribution in [0.3, 0.4) is 0 Å². The number of rotatable bonds is 5. The van der Waals surface area contributed by atoms with Crippen molar-refractivity contribution >= 4 is 5.88 Å². The van der Waals surface area contributed by atoms with Crippen molar-refractivity contribution in [2.75, 3.05) is 0 Å². The highest BCUT2D eigenvalue weighted by molar-refractivity contribution is 5.17. The van der Waals surface area contributed by atoms with Gasteiger partial charge in [0, 0.05) is 0 Å². The summed E-state index contributed by atoms with van der Waals surface area (Å²) < 4.78 is 6.56. The van der Waals surface area contributed by atoms with Crippen molar-refractivity contribution < 1.29 is 9.34 Å². The Morgan fingerprint density at radius 1 is 1.61 bits per heavy atom. The summed E-state index contributed by atoms with van der Waals surface area (Å²) in [6.45, 7) is 2.25. The summed E-state index contributed by atoms with van der Waals surface area (Å²) in [5, 5.41) is 18.3. The highest BCUT2D eigenvalue weighted by Crippen LogP contribution is 2.17. The van der Waals surface area contributed by atoms with Gasteiger partial charge in [-0.25, -0.2) is 4.68 Å². The first-order valence-corrected chi connectivity index (χ1v) is 5.49. The zero-order valence-electron chi connectivity index (χ0n) is 9.81. The molecule has 0 aliphatic rings. The largest absolute Gasteiger partial charge is 0.433 e. The van der Waals surface area contributed by atoms with Gasteiger partial charge in [0.15, 0.2) is 0 Å². The molecule has 0 spiro atoms. The summed E-state index contributed by atoms with van der Waals surface area (Å²) in [6, 6.07) is 2.70. The molecule has 0 amide bonds. The maximum Gasteiger partial charge on any atom is 0.433 e. The van der Waals surface area contributed by atoms with Crippen LogP contribution in [0.1, 0.15) is 30.8 Å².